The summed E-state index contributed by atoms with van der Waals surface area (Å²) >= 11 is 0. The minimum Gasteiger partial charge on any atom is -0.496 e. The summed E-state index contributed by atoms with van der Waals surface area (Å²) in [5.74, 6) is -0.822. The number of benzene rings is 1. The lowest BCUT2D eigenvalue weighted by molar-refractivity contribution is -0.143. The van der Waals surface area contributed by atoms with Crippen LogP contribution in [0.5, 0.6) is 5.75 Å². The monoisotopic (exact) mass is 318 g/mol. The van der Waals surface area contributed by atoms with E-state index in [1.807, 2.05) is 4.98 Å². The molecular weight excluding hydrogens is 304 g/mol. The molecule has 0 aliphatic heterocycles. The van der Waals surface area contributed by atoms with Gasteiger partial charge in [0.1, 0.15) is 12.3 Å². The van der Waals surface area contributed by atoms with Gasteiger partial charge < -0.3 is 9.47 Å². The first-order chi connectivity index (χ1) is 11.0. The number of nitrogens with one attached hydrogen (secondary N) is 1. The zero-order chi connectivity index (χ0) is 16.8. The molecular formula is C15H14N2O6. The Bertz CT molecular complexity index is 836. The van der Waals surface area contributed by atoms with Crippen molar-refractivity contribution in [3.05, 3.63) is 62.9 Å². The third-order valence-electron chi connectivity index (χ3n) is 2.97. The molecule has 0 fully saturated rings. The number of aromatic amines is 1. The SMILES string of the molecule is COc1ccccc1C(=O)COC(=O)Cn1ccc(=O)[nH]c1=O. The molecule has 0 unspecified atom stereocenters. The van der Waals surface area contributed by atoms with E-state index in [9.17, 15) is 19.2 Å². The van der Waals surface area contributed by atoms with Gasteiger partial charge in [0.25, 0.3) is 5.56 Å². The Morgan fingerprint density at radius 3 is 2.61 bits per heavy atom. The van der Waals surface area contributed by atoms with Crippen molar-refractivity contribution in [2.75, 3.05) is 13.7 Å². The molecule has 0 amide bonds. The summed E-state index contributed by atoms with van der Waals surface area (Å²) in [4.78, 5) is 48.1. The topological polar surface area (TPSA) is 107 Å². The Balaban J connectivity index is 1.97. The van der Waals surface area contributed by atoms with E-state index in [0.717, 1.165) is 10.6 Å². The molecule has 0 aliphatic carbocycles. The second-order valence-electron chi connectivity index (χ2n) is 4.52. The van der Waals surface area contributed by atoms with Crippen LogP contribution in [0.3, 0.4) is 0 Å². The van der Waals surface area contributed by atoms with Gasteiger partial charge in [0, 0.05) is 12.3 Å². The van der Waals surface area contributed by atoms with E-state index in [-0.39, 0.29) is 0 Å². The highest BCUT2D eigenvalue weighted by molar-refractivity contribution is 6.00. The smallest absolute Gasteiger partial charge is 0.328 e. The number of aromatic nitrogens is 2. The molecule has 0 spiro atoms. The fourth-order valence-corrected chi connectivity index (χ4v) is 1.85. The highest BCUT2D eigenvalue weighted by atomic mass is 16.5. The van der Waals surface area contributed by atoms with Gasteiger partial charge >= 0.3 is 11.7 Å². The minimum absolute atomic E-state index is 0.295. The molecule has 1 aromatic carbocycles. The summed E-state index contributed by atoms with van der Waals surface area (Å²) in [6.07, 6.45) is 1.17. The van der Waals surface area contributed by atoms with Gasteiger partial charge in [-0.15, -0.1) is 0 Å². The summed E-state index contributed by atoms with van der Waals surface area (Å²) in [7, 11) is 1.43. The first kappa shape index (κ1) is 16.2. The molecule has 0 saturated carbocycles. The first-order valence-electron chi connectivity index (χ1n) is 6.63. The standard InChI is InChI=1S/C15H14N2O6/c1-22-12-5-3-2-4-10(12)11(18)9-23-14(20)8-17-7-6-13(19)16-15(17)21/h2-7H,8-9H2,1H3,(H,16,19,21). The number of H-pyrrole nitrogens is 1. The van der Waals surface area contributed by atoms with Crippen molar-refractivity contribution >= 4 is 11.8 Å². The lowest BCUT2D eigenvalue weighted by Crippen LogP contribution is -2.31. The van der Waals surface area contributed by atoms with Crippen LogP contribution in [0.4, 0.5) is 0 Å². The maximum Gasteiger partial charge on any atom is 0.328 e. The molecule has 8 heteroatoms. The van der Waals surface area contributed by atoms with Crippen LogP contribution >= 0.6 is 0 Å². The normalized spacial score (nSPS) is 10.1. The van der Waals surface area contributed by atoms with Gasteiger partial charge in [-0.05, 0) is 12.1 Å². The Labute approximate surface area is 130 Å². The predicted octanol–water partition coefficient (Wildman–Crippen LogP) is -0.0287. The van der Waals surface area contributed by atoms with Crippen molar-refractivity contribution < 1.29 is 19.1 Å². The molecule has 0 bridgehead atoms. The van der Waals surface area contributed by atoms with E-state index in [1.54, 1.807) is 24.3 Å². The third kappa shape index (κ3) is 4.16. The second-order valence-corrected chi connectivity index (χ2v) is 4.52. The van der Waals surface area contributed by atoms with Crippen LogP contribution in [0.15, 0.2) is 46.1 Å². The number of hydrogen-bond acceptors (Lipinski definition) is 6. The van der Waals surface area contributed by atoms with Crippen molar-refractivity contribution in [2.24, 2.45) is 0 Å². The largest absolute Gasteiger partial charge is 0.496 e. The fraction of sp³-hybridized carbons (Fsp3) is 0.200. The zero-order valence-electron chi connectivity index (χ0n) is 12.3. The summed E-state index contributed by atoms with van der Waals surface area (Å²) in [6, 6.07) is 7.66. The molecule has 0 radical (unpaired) electrons. The molecule has 120 valence electrons. The number of rotatable bonds is 6. The molecule has 1 aromatic heterocycles. The number of hydrogen-bond donors (Lipinski definition) is 1. The minimum atomic E-state index is -0.776. The van der Waals surface area contributed by atoms with Crippen LogP contribution in [-0.4, -0.2) is 35.0 Å². The average molecular weight is 318 g/mol. The first-order valence-corrected chi connectivity index (χ1v) is 6.63. The van der Waals surface area contributed by atoms with Gasteiger partial charge in [-0.1, -0.05) is 12.1 Å². The van der Waals surface area contributed by atoms with Gasteiger partial charge in [-0.25, -0.2) is 4.79 Å². The van der Waals surface area contributed by atoms with Crippen LogP contribution in [0, 0.1) is 0 Å². The number of nitrogens with zero attached hydrogens (tertiary/aromatic N) is 1. The molecule has 0 atom stereocenters. The Hall–Kier alpha value is -3.16. The van der Waals surface area contributed by atoms with Crippen LogP contribution in [0.2, 0.25) is 0 Å². The predicted molar refractivity (Wildman–Crippen MR) is 79.6 cm³/mol. The number of carbonyl (C=O) groups is 2. The number of Topliss-reactive ketones (excluding diaryl/α,β-unsaturated/α-hetero) is 1. The van der Waals surface area contributed by atoms with Crippen molar-refractivity contribution in [2.45, 2.75) is 6.54 Å². The van der Waals surface area contributed by atoms with Crippen molar-refractivity contribution in [3.63, 3.8) is 0 Å². The van der Waals surface area contributed by atoms with E-state index in [0.29, 0.717) is 11.3 Å². The van der Waals surface area contributed by atoms with Crippen molar-refractivity contribution in [1.29, 1.82) is 0 Å². The number of esters is 1. The fourth-order valence-electron chi connectivity index (χ4n) is 1.85. The number of para-hydroxylation sites is 1. The summed E-state index contributed by atoms with van der Waals surface area (Å²) in [5, 5.41) is 0. The third-order valence-corrected chi connectivity index (χ3v) is 2.97. The van der Waals surface area contributed by atoms with E-state index >= 15 is 0 Å². The number of carbonyl (C=O) groups excluding carboxylic acids is 2. The van der Waals surface area contributed by atoms with Gasteiger partial charge in [0.05, 0.1) is 12.7 Å². The van der Waals surface area contributed by atoms with Crippen LogP contribution in [0.1, 0.15) is 10.4 Å². The molecule has 8 nitrogen and oxygen atoms in total. The molecule has 23 heavy (non-hydrogen) atoms. The number of ketones is 1. The quantitative estimate of drug-likeness (QED) is 0.592. The van der Waals surface area contributed by atoms with Crippen molar-refractivity contribution in [3.8, 4) is 5.75 Å². The highest BCUT2D eigenvalue weighted by Crippen LogP contribution is 2.17. The van der Waals surface area contributed by atoms with Crippen LogP contribution < -0.4 is 16.0 Å². The van der Waals surface area contributed by atoms with Crippen molar-refractivity contribution in [1.82, 2.24) is 9.55 Å². The maximum absolute atomic E-state index is 12.0. The summed E-state index contributed by atoms with van der Waals surface area (Å²) < 4.78 is 10.9. The maximum atomic E-state index is 12.0. The Morgan fingerprint density at radius 1 is 1.17 bits per heavy atom. The molecule has 0 aliphatic rings. The lowest BCUT2D eigenvalue weighted by Gasteiger charge is -2.08. The molecule has 1 N–H and O–H groups in total. The molecule has 1 heterocycles. The van der Waals surface area contributed by atoms with Gasteiger partial charge in [0.2, 0.25) is 5.78 Å². The van der Waals surface area contributed by atoms with Gasteiger partial charge in [-0.2, -0.15) is 0 Å². The molecule has 2 rings (SSSR count). The van der Waals surface area contributed by atoms with E-state index < -0.39 is 36.2 Å². The number of methoxy groups -OCH3 is 1. The Kier molecular flexibility index (Phi) is 5.08. The highest BCUT2D eigenvalue weighted by Gasteiger charge is 2.14. The summed E-state index contributed by atoms with van der Waals surface area (Å²) in [5.41, 5.74) is -1.000. The van der Waals surface area contributed by atoms with Crippen LogP contribution in [0.25, 0.3) is 0 Å². The van der Waals surface area contributed by atoms with E-state index in [2.05, 4.69) is 0 Å². The van der Waals surface area contributed by atoms with Crippen LogP contribution in [-0.2, 0) is 16.1 Å². The average Bonchev–Trinajstić information content (AvgIpc) is 2.55. The van der Waals surface area contributed by atoms with E-state index in [1.165, 1.54) is 13.3 Å². The molecule has 2 aromatic rings. The number of ether oxygens (including phenoxy) is 2. The van der Waals surface area contributed by atoms with E-state index in [4.69, 9.17) is 9.47 Å². The summed E-state index contributed by atoms with van der Waals surface area (Å²) in [6.45, 7) is -0.883. The lowest BCUT2D eigenvalue weighted by atomic mass is 10.1. The van der Waals surface area contributed by atoms with Gasteiger partial charge in [-0.3, -0.25) is 23.9 Å². The zero-order valence-corrected chi connectivity index (χ0v) is 12.3. The molecule has 0 saturated heterocycles. The van der Waals surface area contributed by atoms with Gasteiger partial charge in [0.15, 0.2) is 6.61 Å². The second kappa shape index (κ2) is 7.21. The Morgan fingerprint density at radius 2 is 1.91 bits per heavy atom.